The SMILES string of the molecule is CC1Oc2ccccc2N(CCc2nc(-c3cnccn3)no2)C1=O. The van der Waals surface area contributed by atoms with Gasteiger partial charge in [0.15, 0.2) is 6.10 Å². The van der Waals surface area contributed by atoms with Crippen molar-refractivity contribution in [3.05, 3.63) is 48.7 Å². The maximum Gasteiger partial charge on any atom is 0.267 e. The molecule has 1 atom stereocenters. The monoisotopic (exact) mass is 337 g/mol. The van der Waals surface area contributed by atoms with E-state index in [1.54, 1.807) is 30.4 Å². The second kappa shape index (κ2) is 6.31. The fourth-order valence-corrected chi connectivity index (χ4v) is 2.67. The summed E-state index contributed by atoms with van der Waals surface area (Å²) in [4.78, 5) is 26.6. The van der Waals surface area contributed by atoms with Crippen molar-refractivity contribution < 1.29 is 14.1 Å². The normalized spacial score (nSPS) is 16.4. The van der Waals surface area contributed by atoms with Gasteiger partial charge in [0.05, 0.1) is 11.9 Å². The van der Waals surface area contributed by atoms with E-state index in [-0.39, 0.29) is 5.91 Å². The number of para-hydroxylation sites is 2. The Balaban J connectivity index is 1.52. The van der Waals surface area contributed by atoms with Crippen molar-refractivity contribution in [2.45, 2.75) is 19.4 Å². The number of benzene rings is 1. The molecule has 3 aromatic rings. The highest BCUT2D eigenvalue weighted by Crippen LogP contribution is 2.33. The molecule has 8 heteroatoms. The highest BCUT2D eigenvalue weighted by atomic mass is 16.5. The van der Waals surface area contributed by atoms with Crippen molar-refractivity contribution in [3.8, 4) is 17.3 Å². The molecule has 1 aliphatic heterocycles. The van der Waals surface area contributed by atoms with Crippen LogP contribution in [0.2, 0.25) is 0 Å². The van der Waals surface area contributed by atoms with Gasteiger partial charge in [-0.3, -0.25) is 9.78 Å². The van der Waals surface area contributed by atoms with Crippen LogP contribution in [0.4, 0.5) is 5.69 Å². The minimum absolute atomic E-state index is 0.0904. The first-order valence-electron chi connectivity index (χ1n) is 7.88. The molecule has 0 spiro atoms. The van der Waals surface area contributed by atoms with Crippen molar-refractivity contribution >= 4 is 11.6 Å². The van der Waals surface area contributed by atoms with Gasteiger partial charge in [-0.1, -0.05) is 17.3 Å². The van der Waals surface area contributed by atoms with Gasteiger partial charge in [0.1, 0.15) is 11.4 Å². The van der Waals surface area contributed by atoms with Crippen molar-refractivity contribution in [3.63, 3.8) is 0 Å². The number of amides is 1. The fraction of sp³-hybridized carbons (Fsp3) is 0.235. The number of hydrogen-bond donors (Lipinski definition) is 0. The molecule has 1 amide bonds. The summed E-state index contributed by atoms with van der Waals surface area (Å²) in [5.74, 6) is 1.42. The molecular weight excluding hydrogens is 322 g/mol. The molecule has 1 aromatic carbocycles. The van der Waals surface area contributed by atoms with Crippen molar-refractivity contribution in [1.29, 1.82) is 0 Å². The van der Waals surface area contributed by atoms with E-state index in [1.165, 1.54) is 0 Å². The Hall–Kier alpha value is -3.29. The number of nitrogens with zero attached hydrogens (tertiary/aromatic N) is 5. The van der Waals surface area contributed by atoms with Gasteiger partial charge in [-0.05, 0) is 19.1 Å². The lowest BCUT2D eigenvalue weighted by molar-refractivity contribution is -0.125. The van der Waals surface area contributed by atoms with Gasteiger partial charge in [0.25, 0.3) is 5.91 Å². The zero-order valence-electron chi connectivity index (χ0n) is 13.5. The van der Waals surface area contributed by atoms with E-state index in [0.29, 0.717) is 36.1 Å². The first kappa shape index (κ1) is 15.3. The lowest BCUT2D eigenvalue weighted by Gasteiger charge is -2.32. The second-order valence-corrected chi connectivity index (χ2v) is 5.57. The number of aromatic nitrogens is 4. The number of carbonyl (C=O) groups is 1. The van der Waals surface area contributed by atoms with Crippen LogP contribution in [0.25, 0.3) is 11.5 Å². The minimum atomic E-state index is -0.521. The summed E-state index contributed by atoms with van der Waals surface area (Å²) in [7, 11) is 0. The van der Waals surface area contributed by atoms with E-state index in [4.69, 9.17) is 9.26 Å². The molecule has 1 aliphatic rings. The van der Waals surface area contributed by atoms with Gasteiger partial charge in [-0.25, -0.2) is 4.98 Å². The molecule has 126 valence electrons. The topological polar surface area (TPSA) is 94.2 Å². The highest BCUT2D eigenvalue weighted by Gasteiger charge is 2.31. The van der Waals surface area contributed by atoms with E-state index >= 15 is 0 Å². The Labute approximate surface area is 143 Å². The molecule has 25 heavy (non-hydrogen) atoms. The van der Waals surface area contributed by atoms with Crippen molar-refractivity contribution in [2.75, 3.05) is 11.4 Å². The van der Waals surface area contributed by atoms with E-state index in [0.717, 1.165) is 5.69 Å². The van der Waals surface area contributed by atoms with E-state index < -0.39 is 6.10 Å². The Morgan fingerprint density at radius 2 is 2.12 bits per heavy atom. The van der Waals surface area contributed by atoms with Crippen LogP contribution in [-0.2, 0) is 11.2 Å². The molecular formula is C17H15N5O3. The minimum Gasteiger partial charge on any atom is -0.479 e. The molecule has 3 heterocycles. The third kappa shape index (κ3) is 2.93. The van der Waals surface area contributed by atoms with Crippen LogP contribution in [-0.4, -0.2) is 38.7 Å². The standard InChI is InChI=1S/C17H15N5O3/c1-11-17(23)22(13-4-2-3-5-14(13)24-11)9-6-15-20-16(21-25-15)12-10-18-7-8-19-12/h2-5,7-8,10-11H,6,9H2,1H3. The largest absolute Gasteiger partial charge is 0.479 e. The predicted molar refractivity (Wildman–Crippen MR) is 87.9 cm³/mol. The second-order valence-electron chi connectivity index (χ2n) is 5.57. The maximum atomic E-state index is 12.5. The highest BCUT2D eigenvalue weighted by molar-refractivity contribution is 5.99. The van der Waals surface area contributed by atoms with Gasteiger partial charge in [-0.15, -0.1) is 0 Å². The van der Waals surface area contributed by atoms with Crippen LogP contribution in [0, 0.1) is 0 Å². The molecule has 1 unspecified atom stereocenters. The zero-order chi connectivity index (χ0) is 17.2. The van der Waals surface area contributed by atoms with Crippen LogP contribution in [0.1, 0.15) is 12.8 Å². The van der Waals surface area contributed by atoms with Crippen molar-refractivity contribution in [2.24, 2.45) is 0 Å². The molecule has 0 aliphatic carbocycles. The van der Waals surface area contributed by atoms with Crippen molar-refractivity contribution in [1.82, 2.24) is 20.1 Å². The van der Waals surface area contributed by atoms with Gasteiger partial charge >= 0.3 is 0 Å². The Bertz CT molecular complexity index is 896. The van der Waals surface area contributed by atoms with Crippen LogP contribution in [0.15, 0.2) is 47.4 Å². The lowest BCUT2D eigenvalue weighted by atomic mass is 10.2. The van der Waals surface area contributed by atoms with E-state index in [1.807, 2.05) is 24.3 Å². The summed E-state index contributed by atoms with van der Waals surface area (Å²) in [6, 6.07) is 7.46. The van der Waals surface area contributed by atoms with Gasteiger partial charge in [0, 0.05) is 25.4 Å². The summed E-state index contributed by atoms with van der Waals surface area (Å²) in [5, 5.41) is 3.91. The summed E-state index contributed by atoms with van der Waals surface area (Å²) in [5.41, 5.74) is 1.29. The van der Waals surface area contributed by atoms with Crippen LogP contribution < -0.4 is 9.64 Å². The molecule has 0 saturated heterocycles. The Kier molecular flexibility index (Phi) is 3.85. The lowest BCUT2D eigenvalue weighted by Crippen LogP contribution is -2.45. The summed E-state index contributed by atoms with van der Waals surface area (Å²) >= 11 is 0. The number of hydrogen-bond acceptors (Lipinski definition) is 7. The molecule has 0 radical (unpaired) electrons. The first-order valence-corrected chi connectivity index (χ1v) is 7.88. The molecule has 0 N–H and O–H groups in total. The van der Waals surface area contributed by atoms with Gasteiger partial charge in [0.2, 0.25) is 11.7 Å². The Morgan fingerprint density at radius 3 is 2.96 bits per heavy atom. The van der Waals surface area contributed by atoms with Gasteiger partial charge in [-0.2, -0.15) is 4.98 Å². The molecule has 0 saturated carbocycles. The van der Waals surface area contributed by atoms with E-state index in [9.17, 15) is 4.79 Å². The smallest absolute Gasteiger partial charge is 0.267 e. The third-order valence-electron chi connectivity index (χ3n) is 3.88. The number of anilines is 1. The molecule has 8 nitrogen and oxygen atoms in total. The average Bonchev–Trinajstić information content (AvgIpc) is 3.12. The van der Waals surface area contributed by atoms with Gasteiger partial charge < -0.3 is 14.2 Å². The predicted octanol–water partition coefficient (Wildman–Crippen LogP) is 1.88. The quantitative estimate of drug-likeness (QED) is 0.717. The summed E-state index contributed by atoms with van der Waals surface area (Å²) in [6.45, 7) is 2.16. The number of ether oxygens (including phenoxy) is 1. The molecule has 0 bridgehead atoms. The Morgan fingerprint density at radius 1 is 1.24 bits per heavy atom. The molecule has 2 aromatic heterocycles. The summed E-state index contributed by atoms with van der Waals surface area (Å²) in [6.07, 6.45) is 4.62. The number of carbonyl (C=O) groups excluding carboxylic acids is 1. The fourth-order valence-electron chi connectivity index (χ4n) is 2.67. The molecule has 0 fully saturated rings. The number of fused-ring (bicyclic) bond motifs is 1. The molecule has 4 rings (SSSR count). The summed E-state index contributed by atoms with van der Waals surface area (Å²) < 4.78 is 10.9. The average molecular weight is 337 g/mol. The maximum absolute atomic E-state index is 12.5. The third-order valence-corrected chi connectivity index (χ3v) is 3.88. The van der Waals surface area contributed by atoms with E-state index in [2.05, 4.69) is 20.1 Å². The first-order chi connectivity index (χ1) is 12.2. The zero-order valence-corrected chi connectivity index (χ0v) is 13.5. The van der Waals surface area contributed by atoms with Crippen LogP contribution in [0.3, 0.4) is 0 Å². The number of rotatable bonds is 4. The van der Waals surface area contributed by atoms with Crippen LogP contribution >= 0.6 is 0 Å². The van der Waals surface area contributed by atoms with Crippen LogP contribution in [0.5, 0.6) is 5.75 Å².